The molecule has 2 nitrogen and oxygen atoms in total. The summed E-state index contributed by atoms with van der Waals surface area (Å²) in [5.41, 5.74) is 1.03. The SMILES string of the molecule is Cc1ccccc1[PH](=O)OC(C)C. The lowest BCUT2D eigenvalue weighted by molar-refractivity contribution is 0.261. The molecular weight excluding hydrogens is 183 g/mol. The lowest BCUT2D eigenvalue weighted by Crippen LogP contribution is -2.05. The van der Waals surface area contributed by atoms with Gasteiger partial charge in [0.2, 0.25) is 8.03 Å². The van der Waals surface area contributed by atoms with Crippen LogP contribution in [0.3, 0.4) is 0 Å². The van der Waals surface area contributed by atoms with Crippen molar-refractivity contribution >= 4 is 13.3 Å². The molecule has 0 spiro atoms. The highest BCUT2D eigenvalue weighted by Crippen LogP contribution is 2.24. The zero-order valence-electron chi connectivity index (χ0n) is 8.20. The van der Waals surface area contributed by atoms with Crippen LogP contribution in [0.5, 0.6) is 0 Å². The predicted molar refractivity (Wildman–Crippen MR) is 56.0 cm³/mol. The van der Waals surface area contributed by atoms with Crippen molar-refractivity contribution in [3.8, 4) is 0 Å². The van der Waals surface area contributed by atoms with Crippen LogP contribution in [0.2, 0.25) is 0 Å². The zero-order chi connectivity index (χ0) is 9.84. The average Bonchev–Trinajstić information content (AvgIpc) is 2.03. The maximum Gasteiger partial charge on any atom is 0.221 e. The van der Waals surface area contributed by atoms with Crippen LogP contribution in [0, 0.1) is 6.92 Å². The standard InChI is InChI=1S/C10H15O2P/c1-8(2)12-13(11)10-7-5-4-6-9(10)3/h4-8,13H,1-3H3. The van der Waals surface area contributed by atoms with Crippen molar-refractivity contribution in [2.75, 3.05) is 0 Å². The summed E-state index contributed by atoms with van der Waals surface area (Å²) in [6, 6.07) is 7.62. The smallest absolute Gasteiger partial charge is 0.221 e. The summed E-state index contributed by atoms with van der Waals surface area (Å²) in [5, 5.41) is 0.834. The zero-order valence-corrected chi connectivity index (χ0v) is 9.20. The number of benzene rings is 1. The summed E-state index contributed by atoms with van der Waals surface area (Å²) in [4.78, 5) is 0. The molecule has 0 aliphatic heterocycles. The summed E-state index contributed by atoms with van der Waals surface area (Å²) in [6.07, 6.45) is 0.0194. The summed E-state index contributed by atoms with van der Waals surface area (Å²) in [5.74, 6) is 0. The van der Waals surface area contributed by atoms with Gasteiger partial charge in [-0.1, -0.05) is 18.2 Å². The molecule has 1 rings (SSSR count). The van der Waals surface area contributed by atoms with Crippen LogP contribution in [0.1, 0.15) is 19.4 Å². The van der Waals surface area contributed by atoms with E-state index in [1.807, 2.05) is 45.0 Å². The minimum Gasteiger partial charge on any atom is -0.325 e. The molecule has 0 amide bonds. The number of hydrogen-bond donors (Lipinski definition) is 0. The van der Waals surface area contributed by atoms with Crippen LogP contribution in [-0.4, -0.2) is 6.10 Å². The van der Waals surface area contributed by atoms with Gasteiger partial charge in [-0.05, 0) is 32.4 Å². The second-order valence-electron chi connectivity index (χ2n) is 3.27. The van der Waals surface area contributed by atoms with Gasteiger partial charge in [0.25, 0.3) is 0 Å². The minimum absolute atomic E-state index is 0.0194. The maximum atomic E-state index is 11.6. The molecule has 1 aromatic carbocycles. The highest BCUT2D eigenvalue weighted by atomic mass is 31.1. The van der Waals surface area contributed by atoms with Gasteiger partial charge in [0.05, 0.1) is 6.10 Å². The first kappa shape index (κ1) is 10.5. The average molecular weight is 198 g/mol. The van der Waals surface area contributed by atoms with Crippen molar-refractivity contribution in [3.05, 3.63) is 29.8 Å². The summed E-state index contributed by atoms with van der Waals surface area (Å²) in [7, 11) is -2.05. The quantitative estimate of drug-likeness (QED) is 0.697. The van der Waals surface area contributed by atoms with E-state index in [4.69, 9.17) is 4.52 Å². The molecule has 1 atom stereocenters. The number of rotatable bonds is 3. The van der Waals surface area contributed by atoms with Gasteiger partial charge in [0.1, 0.15) is 0 Å². The molecule has 0 aromatic heterocycles. The largest absolute Gasteiger partial charge is 0.325 e. The van der Waals surface area contributed by atoms with E-state index in [0.717, 1.165) is 10.9 Å². The fourth-order valence-electron chi connectivity index (χ4n) is 1.08. The molecule has 72 valence electrons. The fourth-order valence-corrected chi connectivity index (χ4v) is 2.27. The Hall–Kier alpha value is -0.590. The summed E-state index contributed by atoms with van der Waals surface area (Å²) < 4.78 is 16.9. The van der Waals surface area contributed by atoms with Crippen LogP contribution < -0.4 is 5.30 Å². The Bertz CT molecular complexity index is 308. The predicted octanol–water partition coefficient (Wildman–Crippen LogP) is 2.52. The first-order valence-corrected chi connectivity index (χ1v) is 5.69. The van der Waals surface area contributed by atoms with Gasteiger partial charge < -0.3 is 4.52 Å². The second kappa shape index (κ2) is 4.59. The third kappa shape index (κ3) is 2.98. The van der Waals surface area contributed by atoms with Crippen LogP contribution in [0.15, 0.2) is 24.3 Å². The van der Waals surface area contributed by atoms with Crippen molar-refractivity contribution in [1.29, 1.82) is 0 Å². The van der Waals surface area contributed by atoms with Crippen molar-refractivity contribution in [2.45, 2.75) is 26.9 Å². The molecule has 0 aliphatic carbocycles. The molecule has 1 unspecified atom stereocenters. The van der Waals surface area contributed by atoms with Gasteiger partial charge in [-0.3, -0.25) is 4.57 Å². The van der Waals surface area contributed by atoms with E-state index in [1.54, 1.807) is 0 Å². The third-order valence-corrected chi connectivity index (χ3v) is 3.39. The maximum absolute atomic E-state index is 11.6. The van der Waals surface area contributed by atoms with E-state index in [1.165, 1.54) is 0 Å². The Labute approximate surface area is 79.8 Å². The van der Waals surface area contributed by atoms with Crippen molar-refractivity contribution < 1.29 is 9.09 Å². The lowest BCUT2D eigenvalue weighted by atomic mass is 10.2. The molecule has 0 saturated heterocycles. The Kier molecular flexibility index (Phi) is 3.71. The van der Waals surface area contributed by atoms with Gasteiger partial charge in [-0.15, -0.1) is 0 Å². The highest BCUT2D eigenvalue weighted by Gasteiger charge is 2.07. The van der Waals surface area contributed by atoms with Gasteiger partial charge in [0.15, 0.2) is 0 Å². The monoisotopic (exact) mass is 198 g/mol. The molecule has 0 N–H and O–H groups in total. The molecule has 0 radical (unpaired) electrons. The summed E-state index contributed by atoms with van der Waals surface area (Å²) >= 11 is 0. The molecule has 3 heteroatoms. The molecule has 13 heavy (non-hydrogen) atoms. The lowest BCUT2D eigenvalue weighted by Gasteiger charge is -2.09. The van der Waals surface area contributed by atoms with E-state index < -0.39 is 8.03 Å². The third-order valence-electron chi connectivity index (χ3n) is 1.71. The van der Waals surface area contributed by atoms with E-state index >= 15 is 0 Å². The Morgan fingerprint density at radius 1 is 1.31 bits per heavy atom. The second-order valence-corrected chi connectivity index (χ2v) is 4.62. The van der Waals surface area contributed by atoms with Crippen LogP contribution >= 0.6 is 8.03 Å². The van der Waals surface area contributed by atoms with E-state index in [9.17, 15) is 4.57 Å². The fraction of sp³-hybridized carbons (Fsp3) is 0.400. The summed E-state index contributed by atoms with van der Waals surface area (Å²) in [6.45, 7) is 5.73. The van der Waals surface area contributed by atoms with Crippen LogP contribution in [0.25, 0.3) is 0 Å². The Balaban J connectivity index is 2.83. The minimum atomic E-state index is -2.05. The number of aryl methyl sites for hydroxylation is 1. The van der Waals surface area contributed by atoms with Gasteiger partial charge in [0, 0.05) is 5.30 Å². The highest BCUT2D eigenvalue weighted by molar-refractivity contribution is 7.48. The van der Waals surface area contributed by atoms with E-state index in [-0.39, 0.29) is 6.10 Å². The Morgan fingerprint density at radius 3 is 2.46 bits per heavy atom. The first-order valence-electron chi connectivity index (χ1n) is 4.38. The molecule has 0 bridgehead atoms. The molecule has 0 saturated carbocycles. The van der Waals surface area contributed by atoms with E-state index in [0.29, 0.717) is 0 Å². The molecular formula is C10H15O2P. The van der Waals surface area contributed by atoms with Gasteiger partial charge >= 0.3 is 0 Å². The first-order chi connectivity index (χ1) is 6.11. The van der Waals surface area contributed by atoms with Gasteiger partial charge in [-0.25, -0.2) is 0 Å². The van der Waals surface area contributed by atoms with E-state index in [2.05, 4.69) is 0 Å². The van der Waals surface area contributed by atoms with Crippen LogP contribution in [-0.2, 0) is 9.09 Å². The topological polar surface area (TPSA) is 26.3 Å². The van der Waals surface area contributed by atoms with Crippen molar-refractivity contribution in [3.63, 3.8) is 0 Å². The van der Waals surface area contributed by atoms with Crippen molar-refractivity contribution in [1.82, 2.24) is 0 Å². The van der Waals surface area contributed by atoms with Crippen molar-refractivity contribution in [2.24, 2.45) is 0 Å². The Morgan fingerprint density at radius 2 is 1.92 bits per heavy atom. The normalized spacial score (nSPS) is 13.2. The molecule has 0 aliphatic rings. The molecule has 0 fully saturated rings. The molecule has 0 heterocycles. The van der Waals surface area contributed by atoms with Gasteiger partial charge in [-0.2, -0.15) is 0 Å². The number of hydrogen-bond acceptors (Lipinski definition) is 2. The molecule has 1 aromatic rings. The van der Waals surface area contributed by atoms with Crippen LogP contribution in [0.4, 0.5) is 0 Å².